The van der Waals surface area contributed by atoms with Gasteiger partial charge in [-0.15, -0.1) is 11.6 Å². The lowest BCUT2D eigenvalue weighted by molar-refractivity contribution is -0.142. The van der Waals surface area contributed by atoms with Crippen molar-refractivity contribution in [3.63, 3.8) is 0 Å². The van der Waals surface area contributed by atoms with E-state index in [1.165, 1.54) is 0 Å². The molecule has 0 amide bonds. The Balaban J connectivity index is 0. The van der Waals surface area contributed by atoms with E-state index in [1.807, 2.05) is 0 Å². The minimum atomic E-state index is -0.113. The summed E-state index contributed by atoms with van der Waals surface area (Å²) in [6, 6.07) is 0. The molecule has 3 heteroatoms. The second kappa shape index (κ2) is 15.2. The number of ether oxygens (including phenoxy) is 1. The van der Waals surface area contributed by atoms with Gasteiger partial charge in [0.25, 0.3) is 0 Å². The molecule has 0 spiro atoms. The number of hydrogen-bond acceptors (Lipinski definition) is 2. The van der Waals surface area contributed by atoms with E-state index in [2.05, 4.69) is 25.1 Å². The SMILES string of the molecule is C=CCOC(=O)CCCCC.[CH3][Al][CH3]. The Labute approximate surface area is 94.4 Å². The van der Waals surface area contributed by atoms with Crippen molar-refractivity contribution in [1.82, 2.24) is 0 Å². The second-order valence-electron chi connectivity index (χ2n) is 3.01. The van der Waals surface area contributed by atoms with E-state index < -0.39 is 0 Å². The summed E-state index contributed by atoms with van der Waals surface area (Å²) in [5, 5.41) is 0. The van der Waals surface area contributed by atoms with Gasteiger partial charge in [-0.05, 0) is 6.42 Å². The van der Waals surface area contributed by atoms with E-state index in [-0.39, 0.29) is 5.97 Å². The predicted octanol–water partition coefficient (Wildman–Crippen LogP) is 3.08. The van der Waals surface area contributed by atoms with Crippen LogP contribution in [0.3, 0.4) is 0 Å². The van der Waals surface area contributed by atoms with Gasteiger partial charge in [0.05, 0.1) is 0 Å². The number of carbonyl (C=O) groups is 1. The molecule has 0 saturated carbocycles. The maximum Gasteiger partial charge on any atom is 0.306 e. The minimum Gasteiger partial charge on any atom is -0.461 e. The third-order valence-electron chi connectivity index (χ3n) is 1.35. The summed E-state index contributed by atoms with van der Waals surface area (Å²) < 4.78 is 4.78. The molecule has 0 aromatic rings. The molecule has 14 heavy (non-hydrogen) atoms. The Morgan fingerprint density at radius 2 is 2.00 bits per heavy atom. The van der Waals surface area contributed by atoms with Crippen molar-refractivity contribution in [2.24, 2.45) is 0 Å². The summed E-state index contributed by atoms with van der Waals surface area (Å²) in [5.41, 5.74) is 0. The van der Waals surface area contributed by atoms with Crippen molar-refractivity contribution in [3.05, 3.63) is 12.7 Å². The number of hydrogen-bond donors (Lipinski definition) is 0. The molecule has 0 aromatic heterocycles. The van der Waals surface area contributed by atoms with Crippen LogP contribution in [0.5, 0.6) is 0 Å². The van der Waals surface area contributed by atoms with Gasteiger partial charge in [-0.1, -0.05) is 32.4 Å². The molecular formula is C11H22AlO2. The van der Waals surface area contributed by atoms with Crippen molar-refractivity contribution >= 4 is 21.2 Å². The summed E-state index contributed by atoms with van der Waals surface area (Å²) >= 11 is 0.750. The van der Waals surface area contributed by atoms with Gasteiger partial charge in [-0.3, -0.25) is 4.79 Å². The second-order valence-corrected chi connectivity index (χ2v) is 4.16. The fourth-order valence-electron chi connectivity index (χ4n) is 0.743. The minimum absolute atomic E-state index is 0.113. The zero-order valence-corrected chi connectivity index (χ0v) is 10.9. The quantitative estimate of drug-likeness (QED) is 0.293. The van der Waals surface area contributed by atoms with E-state index in [9.17, 15) is 4.79 Å². The summed E-state index contributed by atoms with van der Waals surface area (Å²) in [6.45, 7) is 5.90. The van der Waals surface area contributed by atoms with Crippen LogP contribution >= 0.6 is 0 Å². The van der Waals surface area contributed by atoms with E-state index in [0.29, 0.717) is 13.0 Å². The first kappa shape index (κ1) is 16.2. The summed E-state index contributed by atoms with van der Waals surface area (Å²) in [7, 11) is 0. The topological polar surface area (TPSA) is 26.3 Å². The molecule has 0 aliphatic rings. The fourth-order valence-corrected chi connectivity index (χ4v) is 0.743. The summed E-state index contributed by atoms with van der Waals surface area (Å²) in [4.78, 5) is 10.8. The maximum absolute atomic E-state index is 10.8. The predicted molar refractivity (Wildman–Crippen MR) is 62.8 cm³/mol. The molecule has 0 saturated heterocycles. The molecule has 1 radical (unpaired) electrons. The molecular weight excluding hydrogens is 191 g/mol. The molecule has 0 fully saturated rings. The maximum atomic E-state index is 10.8. The van der Waals surface area contributed by atoms with Gasteiger partial charge in [0, 0.05) is 6.42 Å². The third-order valence-corrected chi connectivity index (χ3v) is 1.35. The van der Waals surface area contributed by atoms with Crippen LogP contribution in [0.2, 0.25) is 11.6 Å². The summed E-state index contributed by atoms with van der Waals surface area (Å²) in [5.74, 6) is 4.30. The van der Waals surface area contributed by atoms with Crippen molar-refractivity contribution in [2.45, 2.75) is 44.2 Å². The molecule has 0 heterocycles. The summed E-state index contributed by atoms with van der Waals surface area (Å²) in [6.07, 6.45) is 5.30. The molecule has 0 N–H and O–H groups in total. The first-order valence-electron chi connectivity index (χ1n) is 5.23. The van der Waals surface area contributed by atoms with Gasteiger partial charge < -0.3 is 4.74 Å². The molecule has 0 atom stereocenters. The van der Waals surface area contributed by atoms with Crippen LogP contribution in [0.4, 0.5) is 0 Å². The number of unbranched alkanes of at least 4 members (excludes halogenated alkanes) is 2. The zero-order valence-electron chi connectivity index (χ0n) is 9.71. The van der Waals surface area contributed by atoms with Crippen LogP contribution in [0.15, 0.2) is 12.7 Å². The average molecular weight is 213 g/mol. The van der Waals surface area contributed by atoms with Crippen LogP contribution in [-0.2, 0) is 9.53 Å². The third kappa shape index (κ3) is 17.7. The monoisotopic (exact) mass is 213 g/mol. The van der Waals surface area contributed by atoms with E-state index in [1.54, 1.807) is 6.08 Å². The molecule has 0 aliphatic carbocycles. The van der Waals surface area contributed by atoms with E-state index in [0.717, 1.165) is 34.5 Å². The smallest absolute Gasteiger partial charge is 0.306 e. The first-order valence-corrected chi connectivity index (χ1v) is 7.54. The number of rotatable bonds is 6. The highest BCUT2D eigenvalue weighted by molar-refractivity contribution is 6.31. The highest BCUT2D eigenvalue weighted by Crippen LogP contribution is 1.99. The van der Waals surface area contributed by atoms with Crippen molar-refractivity contribution < 1.29 is 9.53 Å². The van der Waals surface area contributed by atoms with Gasteiger partial charge in [-0.2, -0.15) is 0 Å². The fraction of sp³-hybridized carbons (Fsp3) is 0.727. The lowest BCUT2D eigenvalue weighted by Crippen LogP contribution is -2.03. The van der Waals surface area contributed by atoms with Crippen LogP contribution in [0.1, 0.15) is 32.6 Å². The molecule has 0 bridgehead atoms. The van der Waals surface area contributed by atoms with Crippen LogP contribution in [0.25, 0.3) is 0 Å². The highest BCUT2D eigenvalue weighted by atomic mass is 27.1. The average Bonchev–Trinajstić information content (AvgIpc) is 2.16. The zero-order chi connectivity index (χ0) is 11.2. The number of esters is 1. The highest BCUT2D eigenvalue weighted by Gasteiger charge is 1.99. The van der Waals surface area contributed by atoms with E-state index in [4.69, 9.17) is 4.74 Å². The molecule has 0 aliphatic heterocycles. The molecule has 2 nitrogen and oxygen atoms in total. The van der Waals surface area contributed by atoms with Crippen LogP contribution in [0, 0.1) is 0 Å². The molecule has 81 valence electrons. The largest absolute Gasteiger partial charge is 0.461 e. The van der Waals surface area contributed by atoms with Crippen molar-refractivity contribution in [2.75, 3.05) is 6.61 Å². The Hall–Kier alpha value is -0.258. The molecule has 0 aromatic carbocycles. The Kier molecular flexibility index (Phi) is 17.6. The molecule has 0 unspecified atom stereocenters. The van der Waals surface area contributed by atoms with Gasteiger partial charge >= 0.3 is 5.97 Å². The first-order chi connectivity index (χ1) is 6.72. The standard InChI is InChI=1S/C9H16O2.2CH3.Al/c1-3-5-6-7-9(10)11-8-4-2;;;/h4H,2-3,5-8H2,1H3;2*1H3;. The normalized spacial score (nSPS) is 8.21. The molecule has 0 rings (SSSR count). The lowest BCUT2D eigenvalue weighted by atomic mass is 10.2. The Morgan fingerprint density at radius 1 is 1.43 bits per heavy atom. The number of carbonyl (C=O) groups excluding carboxylic acids is 1. The van der Waals surface area contributed by atoms with E-state index >= 15 is 0 Å². The van der Waals surface area contributed by atoms with Gasteiger partial charge in [0.1, 0.15) is 6.61 Å². The van der Waals surface area contributed by atoms with Gasteiger partial charge in [0.2, 0.25) is 0 Å². The van der Waals surface area contributed by atoms with Gasteiger partial charge in [-0.25, -0.2) is 0 Å². The van der Waals surface area contributed by atoms with Crippen LogP contribution in [-0.4, -0.2) is 27.8 Å². The van der Waals surface area contributed by atoms with Gasteiger partial charge in [0.15, 0.2) is 15.2 Å². The Bertz CT molecular complexity index is 135. The van der Waals surface area contributed by atoms with Crippen LogP contribution < -0.4 is 0 Å². The van der Waals surface area contributed by atoms with Crippen molar-refractivity contribution in [1.29, 1.82) is 0 Å². The lowest BCUT2D eigenvalue weighted by Gasteiger charge is -1.99. The Morgan fingerprint density at radius 3 is 2.43 bits per heavy atom. The van der Waals surface area contributed by atoms with Crippen molar-refractivity contribution in [3.8, 4) is 0 Å².